The first kappa shape index (κ1) is 7.00. The van der Waals surface area contributed by atoms with Crippen molar-refractivity contribution in [3.8, 4) is 0 Å². The van der Waals surface area contributed by atoms with Crippen LogP contribution in [0.15, 0.2) is 42.7 Å². The van der Waals surface area contributed by atoms with Gasteiger partial charge in [-0.15, -0.1) is 5.73 Å². The molecule has 0 aromatic heterocycles. The van der Waals surface area contributed by atoms with Crippen LogP contribution in [0.5, 0.6) is 0 Å². The molecule has 0 heteroatoms. The van der Waals surface area contributed by atoms with Crippen LogP contribution in [0.2, 0.25) is 0 Å². The highest BCUT2D eigenvalue weighted by Gasteiger charge is 1.54. The third-order valence-electron chi connectivity index (χ3n) is 0.629. The van der Waals surface area contributed by atoms with Gasteiger partial charge in [0.1, 0.15) is 0 Å². The molecular formula is C8H10. The van der Waals surface area contributed by atoms with E-state index in [0.717, 1.165) is 0 Å². The predicted octanol–water partition coefficient (Wildman–Crippen LogP) is 2.46. The molecule has 0 radical (unpaired) electrons. The van der Waals surface area contributed by atoms with E-state index in [9.17, 15) is 0 Å². The van der Waals surface area contributed by atoms with Gasteiger partial charge in [0.25, 0.3) is 0 Å². The van der Waals surface area contributed by atoms with E-state index in [1.807, 2.05) is 31.2 Å². The van der Waals surface area contributed by atoms with Crippen LogP contribution in [0.25, 0.3) is 0 Å². The average molecular weight is 106 g/mol. The van der Waals surface area contributed by atoms with Crippen LogP contribution in [0.3, 0.4) is 0 Å². The van der Waals surface area contributed by atoms with Gasteiger partial charge in [-0.25, -0.2) is 0 Å². The maximum atomic E-state index is 3.40. The summed E-state index contributed by atoms with van der Waals surface area (Å²) in [4.78, 5) is 0. The van der Waals surface area contributed by atoms with E-state index >= 15 is 0 Å². The van der Waals surface area contributed by atoms with Crippen LogP contribution in [0.4, 0.5) is 0 Å². The zero-order chi connectivity index (χ0) is 6.24. The summed E-state index contributed by atoms with van der Waals surface area (Å²) in [5, 5.41) is 0. The molecule has 0 aliphatic carbocycles. The molecule has 0 N–H and O–H groups in total. The fourth-order valence-electron chi connectivity index (χ4n) is 0.299. The molecular weight excluding hydrogens is 96.1 g/mol. The van der Waals surface area contributed by atoms with Crippen LogP contribution < -0.4 is 0 Å². The summed E-state index contributed by atoms with van der Waals surface area (Å²) in [6.45, 7) is 5.38. The fraction of sp³-hybridized carbons (Fsp3) is 0.125. The first-order valence-corrected chi connectivity index (χ1v) is 2.55. The van der Waals surface area contributed by atoms with E-state index < -0.39 is 0 Å². The Morgan fingerprint density at radius 1 is 1.25 bits per heavy atom. The second kappa shape index (κ2) is 6.00. The Morgan fingerprint density at radius 2 is 2.00 bits per heavy atom. The maximum Gasteiger partial charge on any atom is -0.0206 e. The molecule has 0 heterocycles. The summed E-state index contributed by atoms with van der Waals surface area (Å²) >= 11 is 0. The highest BCUT2D eigenvalue weighted by molar-refractivity contribution is 5.09. The normalized spacial score (nSPS) is 10.1. The molecule has 0 spiro atoms. The van der Waals surface area contributed by atoms with Crippen molar-refractivity contribution in [3.05, 3.63) is 42.7 Å². The molecule has 0 atom stereocenters. The van der Waals surface area contributed by atoms with E-state index in [0.29, 0.717) is 0 Å². The van der Waals surface area contributed by atoms with E-state index in [-0.39, 0.29) is 0 Å². The van der Waals surface area contributed by atoms with Crippen molar-refractivity contribution in [2.45, 2.75) is 6.92 Å². The van der Waals surface area contributed by atoms with Gasteiger partial charge >= 0.3 is 0 Å². The van der Waals surface area contributed by atoms with Gasteiger partial charge in [-0.3, -0.25) is 0 Å². The molecule has 8 heavy (non-hydrogen) atoms. The number of rotatable bonds is 2. The molecule has 0 aromatic carbocycles. The molecule has 0 amide bonds. The lowest BCUT2D eigenvalue weighted by Crippen LogP contribution is -1.44. The minimum absolute atomic E-state index is 1.76. The summed E-state index contributed by atoms with van der Waals surface area (Å²) in [7, 11) is 0. The minimum atomic E-state index is 1.76. The Labute approximate surface area is 50.5 Å². The van der Waals surface area contributed by atoms with Crippen LogP contribution in [0.1, 0.15) is 6.92 Å². The molecule has 0 aliphatic heterocycles. The van der Waals surface area contributed by atoms with Gasteiger partial charge in [0.05, 0.1) is 0 Å². The van der Waals surface area contributed by atoms with E-state index in [4.69, 9.17) is 0 Å². The van der Waals surface area contributed by atoms with Crippen LogP contribution >= 0.6 is 0 Å². The van der Waals surface area contributed by atoms with Gasteiger partial charge in [-0.2, -0.15) is 0 Å². The zero-order valence-corrected chi connectivity index (χ0v) is 5.09. The molecule has 0 fully saturated rings. The molecule has 0 aliphatic rings. The van der Waals surface area contributed by atoms with E-state index in [1.165, 1.54) is 0 Å². The Hall–Kier alpha value is -1.00. The zero-order valence-electron chi connectivity index (χ0n) is 5.09. The third kappa shape index (κ3) is 5.00. The molecule has 0 unspecified atom stereocenters. The van der Waals surface area contributed by atoms with Crippen molar-refractivity contribution in [2.24, 2.45) is 0 Å². The minimum Gasteiger partial charge on any atom is -0.129 e. The summed E-state index contributed by atoms with van der Waals surface area (Å²) in [5.74, 6) is 0. The standard InChI is InChI=1S/C8H10/c1-3-5-7-8-6-4-2/h4-8H,1H2,2H3. The van der Waals surface area contributed by atoms with Crippen molar-refractivity contribution in [3.63, 3.8) is 0 Å². The predicted molar refractivity (Wildman–Crippen MR) is 37.7 cm³/mol. The molecule has 0 aromatic rings. The van der Waals surface area contributed by atoms with Gasteiger partial charge in [-0.1, -0.05) is 30.9 Å². The largest absolute Gasteiger partial charge is 0.129 e. The van der Waals surface area contributed by atoms with Crippen molar-refractivity contribution < 1.29 is 0 Å². The summed E-state index contributed by atoms with van der Waals surface area (Å²) in [6, 6.07) is 0. The van der Waals surface area contributed by atoms with Gasteiger partial charge in [-0.05, 0) is 13.0 Å². The SMILES string of the molecule is C=C=CC=CC=CC. The first-order chi connectivity index (χ1) is 3.91. The molecule has 0 bridgehead atoms. The lowest BCUT2D eigenvalue weighted by atomic mass is 10.4. The van der Waals surface area contributed by atoms with Crippen LogP contribution in [-0.2, 0) is 0 Å². The van der Waals surface area contributed by atoms with Crippen LogP contribution in [0, 0.1) is 0 Å². The topological polar surface area (TPSA) is 0 Å². The number of allylic oxidation sites excluding steroid dienone is 5. The average Bonchev–Trinajstić information content (AvgIpc) is 1.81. The second-order valence-electron chi connectivity index (χ2n) is 1.28. The van der Waals surface area contributed by atoms with Gasteiger partial charge < -0.3 is 0 Å². The van der Waals surface area contributed by atoms with Gasteiger partial charge in [0, 0.05) is 0 Å². The smallest absolute Gasteiger partial charge is 0.0206 e. The van der Waals surface area contributed by atoms with Crippen molar-refractivity contribution in [1.82, 2.24) is 0 Å². The Morgan fingerprint density at radius 3 is 2.50 bits per heavy atom. The highest BCUT2D eigenvalue weighted by atomic mass is 13.6. The van der Waals surface area contributed by atoms with E-state index in [1.54, 1.807) is 6.08 Å². The number of hydrogen-bond donors (Lipinski definition) is 0. The lowest BCUT2D eigenvalue weighted by molar-refractivity contribution is 1.73. The maximum absolute atomic E-state index is 3.40. The van der Waals surface area contributed by atoms with E-state index in [2.05, 4.69) is 12.3 Å². The summed E-state index contributed by atoms with van der Waals surface area (Å²) in [6.07, 6.45) is 9.49. The monoisotopic (exact) mass is 106 g/mol. The quantitative estimate of drug-likeness (QED) is 0.374. The fourth-order valence-corrected chi connectivity index (χ4v) is 0.299. The van der Waals surface area contributed by atoms with Gasteiger partial charge in [0.15, 0.2) is 0 Å². The van der Waals surface area contributed by atoms with Crippen LogP contribution in [-0.4, -0.2) is 0 Å². The first-order valence-electron chi connectivity index (χ1n) is 2.55. The highest BCUT2D eigenvalue weighted by Crippen LogP contribution is 1.75. The Bertz CT molecular complexity index is 132. The summed E-state index contributed by atoms with van der Waals surface area (Å²) < 4.78 is 0. The molecule has 0 saturated heterocycles. The Kier molecular flexibility index (Phi) is 5.25. The van der Waals surface area contributed by atoms with Crippen molar-refractivity contribution >= 4 is 0 Å². The molecule has 0 saturated carbocycles. The lowest BCUT2D eigenvalue weighted by Gasteiger charge is -1.65. The third-order valence-corrected chi connectivity index (χ3v) is 0.629. The second-order valence-corrected chi connectivity index (χ2v) is 1.28. The van der Waals surface area contributed by atoms with Crippen molar-refractivity contribution in [1.29, 1.82) is 0 Å². The molecule has 0 rings (SSSR count). The van der Waals surface area contributed by atoms with Crippen molar-refractivity contribution in [2.75, 3.05) is 0 Å². The Balaban J connectivity index is 3.50. The number of hydrogen-bond acceptors (Lipinski definition) is 0. The summed E-state index contributed by atoms with van der Waals surface area (Å²) in [5.41, 5.74) is 2.63. The molecule has 0 nitrogen and oxygen atoms in total. The molecule has 42 valence electrons. The van der Waals surface area contributed by atoms with Gasteiger partial charge in [0.2, 0.25) is 0 Å².